The van der Waals surface area contributed by atoms with Gasteiger partial charge in [0, 0.05) is 25.2 Å². The van der Waals surface area contributed by atoms with E-state index in [4.69, 9.17) is 19.7 Å². The number of ketones is 2. The third-order valence-corrected chi connectivity index (χ3v) is 10.6. The van der Waals surface area contributed by atoms with Crippen molar-refractivity contribution in [2.45, 2.75) is 96.6 Å². The molecule has 0 aromatic rings. The van der Waals surface area contributed by atoms with E-state index in [1.807, 2.05) is 13.0 Å². The van der Waals surface area contributed by atoms with Crippen molar-refractivity contribution in [2.75, 3.05) is 13.2 Å². The SMILES string of the molecule is CC(=O)O[C@]1(C(=O)COC(=O)CCC(=O)N[C@H](CO)C(=O)O)CC[C@@H]2[C@H]3CCC4=CC(=O)CC[C@]4(C)[C@H]3CC[C@@]21C. The molecule has 41 heavy (non-hydrogen) atoms. The number of hydrogen-bond acceptors (Lipinski definition) is 9. The molecule has 0 saturated heterocycles. The van der Waals surface area contributed by atoms with Crippen molar-refractivity contribution in [2.24, 2.45) is 28.6 Å². The summed E-state index contributed by atoms with van der Waals surface area (Å²) in [5.41, 5.74) is -0.865. The van der Waals surface area contributed by atoms with E-state index >= 15 is 0 Å². The van der Waals surface area contributed by atoms with Crippen LogP contribution in [-0.2, 0) is 38.2 Å². The average molecular weight is 576 g/mol. The predicted octanol–water partition coefficient (Wildman–Crippen LogP) is 2.27. The summed E-state index contributed by atoms with van der Waals surface area (Å²) in [5.74, 6) is -3.01. The van der Waals surface area contributed by atoms with Gasteiger partial charge in [0.1, 0.15) is 6.04 Å². The topological polar surface area (TPSA) is 173 Å². The van der Waals surface area contributed by atoms with Crippen molar-refractivity contribution in [1.29, 1.82) is 0 Å². The fourth-order valence-corrected chi connectivity index (χ4v) is 8.49. The average Bonchev–Trinajstić information content (AvgIpc) is 3.21. The summed E-state index contributed by atoms with van der Waals surface area (Å²) in [5, 5.41) is 20.0. The Kier molecular flexibility index (Phi) is 8.78. The van der Waals surface area contributed by atoms with Gasteiger partial charge in [0.2, 0.25) is 11.7 Å². The summed E-state index contributed by atoms with van der Waals surface area (Å²) in [4.78, 5) is 73.5. The largest absolute Gasteiger partial charge is 0.480 e. The molecule has 0 aliphatic heterocycles. The molecule has 0 bridgehead atoms. The van der Waals surface area contributed by atoms with Gasteiger partial charge in [-0.15, -0.1) is 0 Å². The molecule has 4 rings (SSSR count). The number of nitrogens with one attached hydrogen (secondary N) is 1. The maximum absolute atomic E-state index is 13.8. The van der Waals surface area contributed by atoms with Crippen LogP contribution in [0.4, 0.5) is 0 Å². The summed E-state index contributed by atoms with van der Waals surface area (Å²) in [6.07, 6.45) is 6.78. The number of carbonyl (C=O) groups excluding carboxylic acids is 5. The Balaban J connectivity index is 1.44. The van der Waals surface area contributed by atoms with Crippen LogP contribution in [0.25, 0.3) is 0 Å². The molecule has 11 heteroatoms. The third-order valence-electron chi connectivity index (χ3n) is 10.6. The molecule has 1 amide bonds. The van der Waals surface area contributed by atoms with Gasteiger partial charge in [-0.1, -0.05) is 19.4 Å². The van der Waals surface area contributed by atoms with Gasteiger partial charge in [-0.3, -0.25) is 24.0 Å². The molecular weight excluding hydrogens is 534 g/mol. The first-order chi connectivity index (χ1) is 19.3. The Morgan fingerprint density at radius 1 is 1.02 bits per heavy atom. The number of fused-ring (bicyclic) bond motifs is 5. The number of carboxylic acids is 1. The number of esters is 2. The second kappa shape index (κ2) is 11.7. The molecule has 0 aromatic carbocycles. The molecule has 226 valence electrons. The smallest absolute Gasteiger partial charge is 0.328 e. The number of allylic oxidation sites excluding steroid dienone is 1. The third kappa shape index (κ3) is 5.57. The fraction of sp³-hybridized carbons (Fsp3) is 0.733. The van der Waals surface area contributed by atoms with E-state index in [2.05, 4.69) is 12.2 Å². The van der Waals surface area contributed by atoms with Crippen LogP contribution in [0.2, 0.25) is 0 Å². The zero-order valence-electron chi connectivity index (χ0n) is 24.0. The Labute approximate surface area is 239 Å². The minimum atomic E-state index is -1.48. The van der Waals surface area contributed by atoms with E-state index in [1.165, 1.54) is 12.5 Å². The van der Waals surface area contributed by atoms with Crippen LogP contribution in [0, 0.1) is 28.6 Å². The first-order valence-corrected chi connectivity index (χ1v) is 14.5. The maximum Gasteiger partial charge on any atom is 0.328 e. The number of aliphatic carboxylic acids is 1. The summed E-state index contributed by atoms with van der Waals surface area (Å²) >= 11 is 0. The van der Waals surface area contributed by atoms with Crippen LogP contribution in [0.1, 0.15) is 85.0 Å². The van der Waals surface area contributed by atoms with Crippen molar-refractivity contribution in [1.82, 2.24) is 5.32 Å². The van der Waals surface area contributed by atoms with Gasteiger partial charge in [-0.05, 0) is 74.2 Å². The molecule has 0 aromatic heterocycles. The second-order valence-electron chi connectivity index (χ2n) is 12.6. The van der Waals surface area contributed by atoms with E-state index in [1.54, 1.807) is 0 Å². The van der Waals surface area contributed by atoms with Crippen LogP contribution in [0.15, 0.2) is 11.6 Å². The monoisotopic (exact) mass is 575 g/mol. The van der Waals surface area contributed by atoms with Crippen LogP contribution in [0.3, 0.4) is 0 Å². The summed E-state index contributed by atoms with van der Waals surface area (Å²) in [7, 11) is 0. The van der Waals surface area contributed by atoms with E-state index in [-0.39, 0.29) is 23.5 Å². The number of carboxylic acid groups (broad SMARTS) is 1. The fourth-order valence-electron chi connectivity index (χ4n) is 8.49. The number of amides is 1. The molecule has 11 nitrogen and oxygen atoms in total. The summed E-state index contributed by atoms with van der Waals surface area (Å²) in [6.45, 7) is 4.17. The number of hydrogen-bond donors (Lipinski definition) is 3. The van der Waals surface area contributed by atoms with Crippen molar-refractivity contribution < 1.29 is 48.5 Å². The Morgan fingerprint density at radius 2 is 1.73 bits per heavy atom. The number of aliphatic hydroxyl groups excluding tert-OH is 1. The van der Waals surface area contributed by atoms with Crippen molar-refractivity contribution >= 4 is 35.4 Å². The zero-order chi connectivity index (χ0) is 30.2. The van der Waals surface area contributed by atoms with Crippen LogP contribution in [0.5, 0.6) is 0 Å². The number of carbonyl (C=O) groups is 6. The van der Waals surface area contributed by atoms with Crippen molar-refractivity contribution in [3.05, 3.63) is 11.6 Å². The van der Waals surface area contributed by atoms with Gasteiger partial charge in [0.25, 0.3) is 0 Å². The molecule has 0 radical (unpaired) electrons. The first kappa shape index (κ1) is 30.9. The minimum Gasteiger partial charge on any atom is -0.480 e. The van der Waals surface area contributed by atoms with Gasteiger partial charge in [0.15, 0.2) is 18.0 Å². The highest BCUT2D eigenvalue weighted by Crippen LogP contribution is 2.68. The van der Waals surface area contributed by atoms with Crippen molar-refractivity contribution in [3.8, 4) is 0 Å². The lowest BCUT2D eigenvalue weighted by Gasteiger charge is -2.59. The molecule has 4 aliphatic rings. The molecular formula is C30H41NO10. The number of aliphatic hydroxyl groups is 1. The molecule has 3 N–H and O–H groups in total. The van der Waals surface area contributed by atoms with Crippen LogP contribution in [-0.4, -0.2) is 70.5 Å². The van der Waals surface area contributed by atoms with Crippen LogP contribution < -0.4 is 5.32 Å². The summed E-state index contributed by atoms with van der Waals surface area (Å²) < 4.78 is 11.1. The molecule has 0 spiro atoms. The number of Topliss-reactive ketones (excluding diaryl/α,β-unsaturated/α-hetero) is 1. The van der Waals surface area contributed by atoms with Gasteiger partial charge >= 0.3 is 17.9 Å². The highest BCUT2D eigenvalue weighted by atomic mass is 16.6. The van der Waals surface area contributed by atoms with E-state index in [0.717, 1.165) is 25.7 Å². The Morgan fingerprint density at radius 3 is 2.39 bits per heavy atom. The molecule has 0 heterocycles. The highest BCUT2D eigenvalue weighted by Gasteiger charge is 2.68. The van der Waals surface area contributed by atoms with E-state index < -0.39 is 66.3 Å². The number of ether oxygens (including phenoxy) is 2. The molecule has 3 saturated carbocycles. The molecule has 0 unspecified atom stereocenters. The summed E-state index contributed by atoms with van der Waals surface area (Å²) in [6, 6.07) is -1.48. The number of rotatable bonds is 10. The zero-order valence-corrected chi connectivity index (χ0v) is 24.0. The Hall–Kier alpha value is -3.08. The van der Waals surface area contributed by atoms with Gasteiger partial charge in [-0.2, -0.15) is 0 Å². The minimum absolute atomic E-state index is 0.0433. The standard InChI is InChI=1S/C30H41NO10/c1-17(33)41-30(24(35)16-40-26(37)7-6-25(36)31-23(15-32)27(38)39)13-10-22-20-5-4-18-14-19(34)8-11-28(18,2)21(20)9-12-29(22,30)3/h14,20-23,32H,4-13,15-16H2,1-3H3,(H,31,36)(H,38,39)/t20-,21-,22+,23+,28-,29-,30-/m0/s1. The second-order valence-corrected chi connectivity index (χ2v) is 12.6. The molecule has 3 fully saturated rings. The van der Waals surface area contributed by atoms with E-state index in [9.17, 15) is 28.8 Å². The normalized spacial score (nSPS) is 34.7. The maximum atomic E-state index is 13.8. The van der Waals surface area contributed by atoms with E-state index in [0.29, 0.717) is 37.5 Å². The molecule has 7 atom stereocenters. The quantitative estimate of drug-likeness (QED) is 0.328. The lowest BCUT2D eigenvalue weighted by atomic mass is 9.46. The highest BCUT2D eigenvalue weighted by molar-refractivity contribution is 5.94. The Bertz CT molecular complexity index is 1160. The van der Waals surface area contributed by atoms with Gasteiger partial charge in [0.05, 0.1) is 13.0 Å². The molecule has 4 aliphatic carbocycles. The lowest BCUT2D eigenvalue weighted by molar-refractivity contribution is -0.191. The van der Waals surface area contributed by atoms with Crippen molar-refractivity contribution in [3.63, 3.8) is 0 Å². The van der Waals surface area contributed by atoms with Crippen LogP contribution >= 0.6 is 0 Å². The lowest BCUT2D eigenvalue weighted by Crippen LogP contribution is -2.59. The first-order valence-electron chi connectivity index (χ1n) is 14.5. The predicted molar refractivity (Wildman–Crippen MR) is 143 cm³/mol. The van der Waals surface area contributed by atoms with Gasteiger partial charge < -0.3 is 25.0 Å². The van der Waals surface area contributed by atoms with Gasteiger partial charge in [-0.25, -0.2) is 4.79 Å².